The number of likely N-dealkylation sites (tertiary alicyclic amines) is 1. The molecule has 1 saturated heterocycles. The number of rotatable bonds is 7. The van der Waals surface area contributed by atoms with Gasteiger partial charge in [-0.1, -0.05) is 60.3 Å². The van der Waals surface area contributed by atoms with Crippen molar-refractivity contribution in [1.29, 1.82) is 0 Å². The van der Waals surface area contributed by atoms with Gasteiger partial charge < -0.3 is 4.90 Å². The lowest BCUT2D eigenvalue weighted by molar-refractivity contribution is -0.131. The molecule has 3 heterocycles. The third-order valence-corrected chi connectivity index (χ3v) is 7.86. The van der Waals surface area contributed by atoms with Crippen molar-refractivity contribution in [2.45, 2.75) is 43.5 Å². The molecule has 36 heavy (non-hydrogen) atoms. The number of hydrogen-bond donors (Lipinski definition) is 0. The van der Waals surface area contributed by atoms with Crippen LogP contribution in [0.4, 0.5) is 0 Å². The molecule has 1 unspecified atom stereocenters. The number of piperidine rings is 1. The van der Waals surface area contributed by atoms with Gasteiger partial charge in [-0.15, -0.1) is 10.2 Å². The minimum atomic E-state index is -0.260. The van der Waals surface area contributed by atoms with Crippen LogP contribution in [-0.2, 0) is 11.2 Å². The average Bonchev–Trinajstić information content (AvgIpc) is 3.33. The van der Waals surface area contributed by atoms with Crippen LogP contribution in [0, 0.1) is 12.8 Å². The van der Waals surface area contributed by atoms with E-state index in [0.717, 1.165) is 55.0 Å². The van der Waals surface area contributed by atoms with Crippen molar-refractivity contribution < 1.29 is 4.79 Å². The van der Waals surface area contributed by atoms with Gasteiger partial charge in [0, 0.05) is 31.0 Å². The molecule has 1 amide bonds. The second-order valence-electron chi connectivity index (χ2n) is 9.39. The van der Waals surface area contributed by atoms with Gasteiger partial charge in [0.15, 0.2) is 11.0 Å². The van der Waals surface area contributed by atoms with Gasteiger partial charge in [-0.2, -0.15) is 0 Å². The molecule has 0 saturated carbocycles. The maximum absolute atomic E-state index is 13.4. The minimum Gasteiger partial charge on any atom is -0.342 e. The Kier molecular flexibility index (Phi) is 7.47. The van der Waals surface area contributed by atoms with Crippen LogP contribution in [0.1, 0.15) is 30.9 Å². The number of carbonyl (C=O) groups is 1. The summed E-state index contributed by atoms with van der Waals surface area (Å²) in [5.41, 5.74) is 4.39. The lowest BCUT2D eigenvalue weighted by Crippen LogP contribution is -2.42. The van der Waals surface area contributed by atoms with Crippen LogP contribution >= 0.6 is 11.8 Å². The number of pyridine rings is 1. The number of para-hydroxylation sites is 1. The van der Waals surface area contributed by atoms with E-state index in [0.29, 0.717) is 11.1 Å². The highest BCUT2D eigenvalue weighted by atomic mass is 32.2. The van der Waals surface area contributed by atoms with Gasteiger partial charge in [0.2, 0.25) is 5.91 Å². The number of benzene rings is 2. The summed E-state index contributed by atoms with van der Waals surface area (Å²) in [4.78, 5) is 19.7. The first-order valence-corrected chi connectivity index (χ1v) is 13.4. The summed E-state index contributed by atoms with van der Waals surface area (Å²) in [6.07, 6.45) is 6.72. The Labute approximate surface area is 216 Å². The van der Waals surface area contributed by atoms with E-state index in [2.05, 4.69) is 64.6 Å². The zero-order valence-electron chi connectivity index (χ0n) is 20.7. The summed E-state index contributed by atoms with van der Waals surface area (Å²) in [7, 11) is 0. The van der Waals surface area contributed by atoms with Crippen molar-refractivity contribution in [2.75, 3.05) is 13.1 Å². The Morgan fingerprint density at radius 2 is 1.75 bits per heavy atom. The number of hydrogen-bond acceptors (Lipinski definition) is 5. The standard InChI is InChI=1S/C29H31N5OS/c1-21-9-6-7-13-26(21)34-27(25-12-8-16-30-20-25)31-32-29(34)36-22(2)28(35)33-17-14-24(15-18-33)19-23-10-4-3-5-11-23/h3-13,16,20,22,24H,14-15,17-19H2,1-2H3. The molecule has 1 aliphatic rings. The summed E-state index contributed by atoms with van der Waals surface area (Å²) in [6.45, 7) is 5.67. The van der Waals surface area contributed by atoms with E-state index in [1.165, 1.54) is 17.3 Å². The quantitative estimate of drug-likeness (QED) is 0.311. The zero-order chi connectivity index (χ0) is 24.9. The van der Waals surface area contributed by atoms with E-state index in [9.17, 15) is 4.79 Å². The fourth-order valence-corrected chi connectivity index (χ4v) is 5.77. The highest BCUT2D eigenvalue weighted by Gasteiger charge is 2.29. The van der Waals surface area contributed by atoms with Crippen LogP contribution in [0.25, 0.3) is 17.1 Å². The Hall–Kier alpha value is -3.45. The molecule has 0 bridgehead atoms. The summed E-state index contributed by atoms with van der Waals surface area (Å²) in [5, 5.41) is 9.47. The van der Waals surface area contributed by atoms with Crippen LogP contribution in [0.5, 0.6) is 0 Å². The maximum Gasteiger partial charge on any atom is 0.235 e. The van der Waals surface area contributed by atoms with Crippen LogP contribution in [-0.4, -0.2) is 48.9 Å². The van der Waals surface area contributed by atoms with Crippen molar-refractivity contribution in [1.82, 2.24) is 24.6 Å². The predicted octanol–water partition coefficient (Wildman–Crippen LogP) is 5.60. The Morgan fingerprint density at radius 1 is 1.00 bits per heavy atom. The minimum absolute atomic E-state index is 0.167. The molecule has 0 N–H and O–H groups in total. The SMILES string of the molecule is Cc1ccccc1-n1c(SC(C)C(=O)N2CCC(Cc3ccccc3)CC2)nnc1-c1cccnc1. The smallest absolute Gasteiger partial charge is 0.235 e. The summed E-state index contributed by atoms with van der Waals surface area (Å²) in [5.74, 6) is 1.52. The van der Waals surface area contributed by atoms with E-state index in [1.807, 2.05) is 40.7 Å². The molecule has 7 heteroatoms. The summed E-state index contributed by atoms with van der Waals surface area (Å²) in [6, 6.07) is 22.7. The van der Waals surface area contributed by atoms with Gasteiger partial charge in [0.1, 0.15) is 0 Å². The normalized spacial score (nSPS) is 15.1. The van der Waals surface area contributed by atoms with Gasteiger partial charge in [-0.25, -0.2) is 0 Å². The predicted molar refractivity (Wildman–Crippen MR) is 144 cm³/mol. The molecule has 6 nitrogen and oxygen atoms in total. The topological polar surface area (TPSA) is 63.9 Å². The molecule has 184 valence electrons. The molecule has 2 aromatic heterocycles. The molecular formula is C29H31N5OS. The number of carbonyl (C=O) groups excluding carboxylic acids is 1. The third-order valence-electron chi connectivity index (χ3n) is 6.83. The first kappa shape index (κ1) is 24.3. The fraction of sp³-hybridized carbons (Fsp3) is 0.310. The molecule has 1 aliphatic heterocycles. The molecule has 4 aromatic rings. The number of nitrogens with zero attached hydrogens (tertiary/aromatic N) is 5. The lowest BCUT2D eigenvalue weighted by Gasteiger charge is -2.33. The molecule has 0 spiro atoms. The molecule has 2 aromatic carbocycles. The monoisotopic (exact) mass is 497 g/mol. The van der Waals surface area contributed by atoms with E-state index >= 15 is 0 Å². The van der Waals surface area contributed by atoms with Crippen LogP contribution in [0.15, 0.2) is 84.3 Å². The highest BCUT2D eigenvalue weighted by Crippen LogP contribution is 2.32. The molecule has 5 rings (SSSR count). The number of amides is 1. The summed E-state index contributed by atoms with van der Waals surface area (Å²) >= 11 is 1.47. The molecule has 1 fully saturated rings. The molecule has 0 radical (unpaired) electrons. The van der Waals surface area contributed by atoms with Crippen molar-refractivity contribution in [2.24, 2.45) is 5.92 Å². The second-order valence-corrected chi connectivity index (χ2v) is 10.7. The molecular weight excluding hydrogens is 466 g/mol. The third kappa shape index (κ3) is 5.36. The summed E-state index contributed by atoms with van der Waals surface area (Å²) < 4.78 is 2.05. The van der Waals surface area contributed by atoms with Crippen LogP contribution in [0.2, 0.25) is 0 Å². The first-order valence-electron chi connectivity index (χ1n) is 12.5. The fourth-order valence-electron chi connectivity index (χ4n) is 4.83. The molecule has 0 aliphatic carbocycles. The number of aryl methyl sites for hydroxylation is 1. The number of thioether (sulfide) groups is 1. The maximum atomic E-state index is 13.4. The average molecular weight is 498 g/mol. The Balaban J connectivity index is 1.30. The van der Waals surface area contributed by atoms with Gasteiger partial charge >= 0.3 is 0 Å². The van der Waals surface area contributed by atoms with Crippen LogP contribution < -0.4 is 0 Å². The zero-order valence-corrected chi connectivity index (χ0v) is 21.6. The van der Waals surface area contributed by atoms with E-state index in [4.69, 9.17) is 0 Å². The second kappa shape index (κ2) is 11.1. The van der Waals surface area contributed by atoms with Crippen LogP contribution in [0.3, 0.4) is 0 Å². The van der Waals surface area contributed by atoms with Crippen molar-refractivity contribution in [3.8, 4) is 17.1 Å². The van der Waals surface area contributed by atoms with Gasteiger partial charge in [0.25, 0.3) is 0 Å². The largest absolute Gasteiger partial charge is 0.342 e. The Morgan fingerprint density at radius 3 is 2.47 bits per heavy atom. The lowest BCUT2D eigenvalue weighted by atomic mass is 9.90. The van der Waals surface area contributed by atoms with E-state index in [-0.39, 0.29) is 11.2 Å². The Bertz CT molecular complexity index is 1300. The van der Waals surface area contributed by atoms with Gasteiger partial charge in [-0.3, -0.25) is 14.3 Å². The van der Waals surface area contributed by atoms with Crippen molar-refractivity contribution >= 4 is 17.7 Å². The van der Waals surface area contributed by atoms with E-state index < -0.39 is 0 Å². The molecule has 1 atom stereocenters. The first-order chi connectivity index (χ1) is 17.6. The van der Waals surface area contributed by atoms with Gasteiger partial charge in [0.05, 0.1) is 10.9 Å². The van der Waals surface area contributed by atoms with Crippen molar-refractivity contribution in [3.63, 3.8) is 0 Å². The van der Waals surface area contributed by atoms with E-state index in [1.54, 1.807) is 12.4 Å². The van der Waals surface area contributed by atoms with Gasteiger partial charge in [-0.05, 0) is 68.4 Å². The number of aromatic nitrogens is 4. The highest BCUT2D eigenvalue weighted by molar-refractivity contribution is 8.00. The van der Waals surface area contributed by atoms with Crippen molar-refractivity contribution in [3.05, 3.63) is 90.3 Å².